The molecule has 0 saturated heterocycles. The van der Waals surface area contributed by atoms with Gasteiger partial charge >= 0.3 is 12.0 Å². The van der Waals surface area contributed by atoms with Gasteiger partial charge in [-0.1, -0.05) is 0 Å². The number of hydrogen-bond donors (Lipinski definition) is 2. The van der Waals surface area contributed by atoms with Gasteiger partial charge in [-0.3, -0.25) is 4.79 Å². The van der Waals surface area contributed by atoms with Crippen LogP contribution in [0, 0.1) is 11.3 Å². The molecule has 100 valence electrons. The van der Waals surface area contributed by atoms with E-state index in [0.29, 0.717) is 11.3 Å². The summed E-state index contributed by atoms with van der Waals surface area (Å²) < 4.78 is 0. The first-order valence-corrected chi connectivity index (χ1v) is 5.73. The lowest BCUT2D eigenvalue weighted by molar-refractivity contribution is -0.137. The Morgan fingerprint density at radius 2 is 1.95 bits per heavy atom. The minimum atomic E-state index is -1.07. The summed E-state index contributed by atoms with van der Waals surface area (Å²) >= 11 is 0. The van der Waals surface area contributed by atoms with Gasteiger partial charge in [0.2, 0.25) is 0 Å². The number of carboxylic acid groups (broad SMARTS) is 1. The van der Waals surface area contributed by atoms with Crippen molar-refractivity contribution < 1.29 is 14.7 Å². The molecule has 0 heterocycles. The average molecular weight is 261 g/mol. The molecule has 2 amide bonds. The van der Waals surface area contributed by atoms with Crippen LogP contribution in [0.1, 0.15) is 19.4 Å². The minimum Gasteiger partial charge on any atom is -0.480 e. The lowest BCUT2D eigenvalue weighted by Crippen LogP contribution is -2.43. The Morgan fingerprint density at radius 3 is 2.37 bits per heavy atom. The van der Waals surface area contributed by atoms with E-state index in [-0.39, 0.29) is 12.6 Å². The highest BCUT2D eigenvalue weighted by molar-refractivity contribution is 5.91. The Balaban J connectivity index is 2.75. The first kappa shape index (κ1) is 14.5. The van der Waals surface area contributed by atoms with Crippen molar-refractivity contribution >= 4 is 17.7 Å². The van der Waals surface area contributed by atoms with Crippen LogP contribution < -0.4 is 5.32 Å². The molecule has 0 atom stereocenters. The third-order valence-electron chi connectivity index (χ3n) is 2.46. The number of rotatable bonds is 4. The molecule has 1 rings (SSSR count). The zero-order chi connectivity index (χ0) is 14.4. The molecule has 19 heavy (non-hydrogen) atoms. The van der Waals surface area contributed by atoms with Crippen molar-refractivity contribution in [2.45, 2.75) is 19.9 Å². The number of nitriles is 1. The highest BCUT2D eigenvalue weighted by Crippen LogP contribution is 2.10. The van der Waals surface area contributed by atoms with Crippen molar-refractivity contribution in [1.82, 2.24) is 4.90 Å². The van der Waals surface area contributed by atoms with Gasteiger partial charge in [-0.05, 0) is 38.1 Å². The topological polar surface area (TPSA) is 93.4 Å². The smallest absolute Gasteiger partial charge is 0.323 e. The van der Waals surface area contributed by atoms with Crippen LogP contribution in [0.2, 0.25) is 0 Å². The molecule has 0 bridgehead atoms. The lowest BCUT2D eigenvalue weighted by atomic mass is 10.2. The molecule has 0 aliphatic rings. The van der Waals surface area contributed by atoms with Crippen molar-refractivity contribution in [2.24, 2.45) is 0 Å². The second kappa shape index (κ2) is 6.40. The fourth-order valence-corrected chi connectivity index (χ4v) is 1.46. The molecule has 0 fully saturated rings. The molecule has 2 N–H and O–H groups in total. The normalized spacial score (nSPS) is 9.79. The summed E-state index contributed by atoms with van der Waals surface area (Å²) in [6, 6.07) is 7.60. The predicted molar refractivity (Wildman–Crippen MR) is 69.7 cm³/mol. The quantitative estimate of drug-likeness (QED) is 0.865. The van der Waals surface area contributed by atoms with Gasteiger partial charge in [0, 0.05) is 11.7 Å². The van der Waals surface area contributed by atoms with Crippen molar-refractivity contribution in [3.8, 4) is 6.07 Å². The second-order valence-corrected chi connectivity index (χ2v) is 4.23. The van der Waals surface area contributed by atoms with Crippen molar-refractivity contribution in [3.05, 3.63) is 29.8 Å². The number of nitrogens with zero attached hydrogens (tertiary/aromatic N) is 2. The number of amides is 2. The molecule has 0 unspecified atom stereocenters. The summed E-state index contributed by atoms with van der Waals surface area (Å²) in [6.07, 6.45) is 0. The highest BCUT2D eigenvalue weighted by Gasteiger charge is 2.19. The molecule has 0 spiro atoms. The summed E-state index contributed by atoms with van der Waals surface area (Å²) in [4.78, 5) is 23.8. The fraction of sp³-hybridized carbons (Fsp3) is 0.308. The van der Waals surface area contributed by atoms with Gasteiger partial charge in [0.25, 0.3) is 0 Å². The number of carbonyl (C=O) groups excluding carboxylic acids is 1. The third-order valence-corrected chi connectivity index (χ3v) is 2.46. The van der Waals surface area contributed by atoms with Gasteiger partial charge in [0.1, 0.15) is 6.54 Å². The molecule has 0 aromatic heterocycles. The first-order valence-electron chi connectivity index (χ1n) is 5.73. The van der Waals surface area contributed by atoms with E-state index in [1.165, 1.54) is 4.90 Å². The molecule has 1 aromatic rings. The van der Waals surface area contributed by atoms with Crippen LogP contribution in [0.4, 0.5) is 10.5 Å². The Morgan fingerprint density at radius 1 is 1.37 bits per heavy atom. The van der Waals surface area contributed by atoms with Gasteiger partial charge in [-0.2, -0.15) is 5.26 Å². The van der Waals surface area contributed by atoms with E-state index in [0.717, 1.165) is 0 Å². The van der Waals surface area contributed by atoms with E-state index in [1.54, 1.807) is 38.1 Å². The number of carboxylic acids is 1. The second-order valence-electron chi connectivity index (χ2n) is 4.23. The van der Waals surface area contributed by atoms with Crippen molar-refractivity contribution in [3.63, 3.8) is 0 Å². The van der Waals surface area contributed by atoms with Crippen LogP contribution in [-0.4, -0.2) is 34.6 Å². The third kappa shape index (κ3) is 4.32. The SMILES string of the molecule is CC(C)N(CC(=O)O)C(=O)Nc1ccc(C#N)cc1. The Kier molecular flexibility index (Phi) is 4.89. The largest absolute Gasteiger partial charge is 0.480 e. The molecule has 1 aromatic carbocycles. The van der Waals surface area contributed by atoms with Crippen LogP contribution in [0.15, 0.2) is 24.3 Å². The molecule has 6 heteroatoms. The van der Waals surface area contributed by atoms with Crippen LogP contribution in [0.25, 0.3) is 0 Å². The predicted octanol–water partition coefficient (Wildman–Crippen LogP) is 1.89. The maximum Gasteiger partial charge on any atom is 0.323 e. The molecule has 6 nitrogen and oxygen atoms in total. The van der Waals surface area contributed by atoms with E-state index in [9.17, 15) is 9.59 Å². The van der Waals surface area contributed by atoms with Gasteiger partial charge < -0.3 is 15.3 Å². The van der Waals surface area contributed by atoms with Gasteiger partial charge in [-0.25, -0.2) is 4.79 Å². The Hall–Kier alpha value is -2.55. The monoisotopic (exact) mass is 261 g/mol. The van der Waals surface area contributed by atoms with Gasteiger partial charge in [0.15, 0.2) is 0 Å². The number of urea groups is 1. The van der Waals surface area contributed by atoms with E-state index in [4.69, 9.17) is 10.4 Å². The molecule has 0 aliphatic carbocycles. The minimum absolute atomic E-state index is 0.227. The van der Waals surface area contributed by atoms with Crippen LogP contribution in [0.5, 0.6) is 0 Å². The standard InChI is InChI=1S/C13H15N3O3/c1-9(2)16(8-12(17)18)13(19)15-11-5-3-10(7-14)4-6-11/h3-6,9H,8H2,1-2H3,(H,15,19)(H,17,18). The number of carbonyl (C=O) groups is 2. The van der Waals surface area contributed by atoms with E-state index < -0.39 is 12.0 Å². The zero-order valence-electron chi connectivity index (χ0n) is 10.8. The number of aliphatic carboxylic acids is 1. The highest BCUT2D eigenvalue weighted by atomic mass is 16.4. The number of benzene rings is 1. The maximum absolute atomic E-state index is 11.9. The molecule has 0 aliphatic heterocycles. The van der Waals surface area contributed by atoms with Crippen LogP contribution >= 0.6 is 0 Å². The van der Waals surface area contributed by atoms with E-state index >= 15 is 0 Å². The van der Waals surface area contributed by atoms with Gasteiger partial charge in [-0.15, -0.1) is 0 Å². The zero-order valence-corrected chi connectivity index (χ0v) is 10.8. The molecule has 0 radical (unpaired) electrons. The number of anilines is 1. The van der Waals surface area contributed by atoms with Crippen LogP contribution in [0.3, 0.4) is 0 Å². The van der Waals surface area contributed by atoms with Crippen molar-refractivity contribution in [2.75, 3.05) is 11.9 Å². The maximum atomic E-state index is 11.9. The Labute approximate surface area is 111 Å². The molecular weight excluding hydrogens is 246 g/mol. The average Bonchev–Trinajstić information content (AvgIpc) is 2.36. The summed E-state index contributed by atoms with van der Waals surface area (Å²) in [5.41, 5.74) is 1.00. The summed E-state index contributed by atoms with van der Waals surface area (Å²) in [6.45, 7) is 3.11. The summed E-state index contributed by atoms with van der Waals surface area (Å²) in [5, 5.41) is 20.0. The fourth-order valence-electron chi connectivity index (χ4n) is 1.46. The van der Waals surface area contributed by atoms with Crippen LogP contribution in [-0.2, 0) is 4.79 Å². The van der Waals surface area contributed by atoms with Gasteiger partial charge in [0.05, 0.1) is 11.6 Å². The number of hydrogen-bond acceptors (Lipinski definition) is 3. The first-order chi connectivity index (χ1) is 8.93. The molecule has 0 saturated carbocycles. The summed E-state index contributed by atoms with van der Waals surface area (Å²) in [5.74, 6) is -1.07. The lowest BCUT2D eigenvalue weighted by Gasteiger charge is -2.25. The molecular formula is C13H15N3O3. The Bertz CT molecular complexity index is 503. The summed E-state index contributed by atoms with van der Waals surface area (Å²) in [7, 11) is 0. The van der Waals surface area contributed by atoms with E-state index in [1.807, 2.05) is 6.07 Å². The number of nitrogens with one attached hydrogen (secondary N) is 1. The van der Waals surface area contributed by atoms with E-state index in [2.05, 4.69) is 5.32 Å². The van der Waals surface area contributed by atoms with Crippen molar-refractivity contribution in [1.29, 1.82) is 5.26 Å².